The summed E-state index contributed by atoms with van der Waals surface area (Å²) in [7, 11) is 1.65. The highest BCUT2D eigenvalue weighted by molar-refractivity contribution is 5.91. The number of ether oxygens (including phenoxy) is 1. The van der Waals surface area contributed by atoms with Crippen LogP contribution in [0.5, 0.6) is 5.75 Å². The number of methoxy groups -OCH3 is 1. The molecule has 104 valence electrons. The van der Waals surface area contributed by atoms with E-state index in [1.807, 2.05) is 25.1 Å². The van der Waals surface area contributed by atoms with E-state index in [4.69, 9.17) is 9.84 Å². The lowest BCUT2D eigenvalue weighted by atomic mass is 9.93. The van der Waals surface area contributed by atoms with Gasteiger partial charge in [-0.05, 0) is 43.4 Å². The number of hydrogen-bond acceptors (Lipinski definition) is 3. The first-order valence-electron chi connectivity index (χ1n) is 6.68. The highest BCUT2D eigenvalue weighted by Crippen LogP contribution is 2.49. The van der Waals surface area contributed by atoms with Crippen molar-refractivity contribution in [3.8, 4) is 5.75 Å². The van der Waals surface area contributed by atoms with Crippen molar-refractivity contribution in [1.82, 2.24) is 5.32 Å². The molecule has 1 aromatic carbocycles. The van der Waals surface area contributed by atoms with E-state index in [-0.39, 0.29) is 17.9 Å². The number of carbonyl (C=O) groups excluding carboxylic acids is 1. The number of nitrogens with one attached hydrogen (secondary N) is 1. The van der Waals surface area contributed by atoms with Gasteiger partial charge in [0.15, 0.2) is 0 Å². The Morgan fingerprint density at radius 3 is 2.79 bits per heavy atom. The average molecular weight is 263 g/mol. The third-order valence-electron chi connectivity index (χ3n) is 3.77. The first kappa shape index (κ1) is 13.9. The minimum atomic E-state index is -0.379. The van der Waals surface area contributed by atoms with Crippen LogP contribution in [0.4, 0.5) is 0 Å². The smallest absolute Gasteiger partial charge is 0.230 e. The van der Waals surface area contributed by atoms with Crippen molar-refractivity contribution in [2.45, 2.75) is 31.6 Å². The van der Waals surface area contributed by atoms with Crippen LogP contribution in [0.25, 0.3) is 0 Å². The Hall–Kier alpha value is -1.55. The van der Waals surface area contributed by atoms with Crippen LogP contribution in [-0.2, 0) is 10.2 Å². The highest BCUT2D eigenvalue weighted by Gasteiger charge is 2.51. The predicted octanol–water partition coefficient (Wildman–Crippen LogP) is 1.53. The summed E-state index contributed by atoms with van der Waals surface area (Å²) in [5, 5.41) is 11.6. The van der Waals surface area contributed by atoms with E-state index in [1.54, 1.807) is 7.11 Å². The van der Waals surface area contributed by atoms with Crippen molar-refractivity contribution in [1.29, 1.82) is 0 Å². The minimum Gasteiger partial charge on any atom is -0.496 e. The molecule has 1 amide bonds. The molecule has 4 heteroatoms. The van der Waals surface area contributed by atoms with Crippen LogP contribution in [0.15, 0.2) is 18.2 Å². The molecule has 0 bridgehead atoms. The molecule has 1 fully saturated rings. The van der Waals surface area contributed by atoms with E-state index in [0.29, 0.717) is 13.0 Å². The Bertz CT molecular complexity index is 466. The number of hydrogen-bond donors (Lipinski definition) is 2. The van der Waals surface area contributed by atoms with E-state index in [2.05, 4.69) is 5.32 Å². The average Bonchev–Trinajstić information content (AvgIpc) is 3.21. The van der Waals surface area contributed by atoms with E-state index >= 15 is 0 Å². The zero-order valence-electron chi connectivity index (χ0n) is 11.5. The second-order valence-corrected chi connectivity index (χ2v) is 5.10. The van der Waals surface area contributed by atoms with Gasteiger partial charge in [0.2, 0.25) is 5.91 Å². The summed E-state index contributed by atoms with van der Waals surface area (Å²) in [4.78, 5) is 12.3. The monoisotopic (exact) mass is 263 g/mol. The molecule has 0 aromatic heterocycles. The van der Waals surface area contributed by atoms with Crippen LogP contribution in [0.1, 0.15) is 30.4 Å². The van der Waals surface area contributed by atoms with Gasteiger partial charge in [-0.2, -0.15) is 0 Å². The van der Waals surface area contributed by atoms with Gasteiger partial charge in [0.25, 0.3) is 0 Å². The maximum atomic E-state index is 12.3. The van der Waals surface area contributed by atoms with Gasteiger partial charge in [0.05, 0.1) is 12.5 Å². The molecular weight excluding hydrogens is 242 g/mol. The molecule has 19 heavy (non-hydrogen) atoms. The predicted molar refractivity (Wildman–Crippen MR) is 73.4 cm³/mol. The van der Waals surface area contributed by atoms with Gasteiger partial charge in [0.1, 0.15) is 5.75 Å². The molecule has 1 aliphatic rings. The third kappa shape index (κ3) is 2.73. The van der Waals surface area contributed by atoms with E-state index < -0.39 is 0 Å². The molecule has 4 nitrogen and oxygen atoms in total. The molecule has 1 aliphatic carbocycles. The summed E-state index contributed by atoms with van der Waals surface area (Å²) >= 11 is 0. The molecule has 0 unspecified atom stereocenters. The Morgan fingerprint density at radius 2 is 2.21 bits per heavy atom. The van der Waals surface area contributed by atoms with Crippen molar-refractivity contribution < 1.29 is 14.6 Å². The number of carbonyl (C=O) groups is 1. The zero-order valence-corrected chi connectivity index (χ0v) is 11.5. The lowest BCUT2D eigenvalue weighted by Crippen LogP contribution is -2.35. The first-order valence-corrected chi connectivity index (χ1v) is 6.68. The highest BCUT2D eigenvalue weighted by atomic mass is 16.5. The Balaban J connectivity index is 2.13. The molecule has 2 N–H and O–H groups in total. The van der Waals surface area contributed by atoms with Crippen LogP contribution < -0.4 is 10.1 Å². The van der Waals surface area contributed by atoms with Crippen molar-refractivity contribution in [2.24, 2.45) is 0 Å². The number of aliphatic hydroxyl groups is 1. The van der Waals surface area contributed by atoms with Crippen LogP contribution >= 0.6 is 0 Å². The van der Waals surface area contributed by atoms with Gasteiger partial charge >= 0.3 is 0 Å². The second-order valence-electron chi connectivity index (χ2n) is 5.10. The normalized spacial score (nSPS) is 15.9. The van der Waals surface area contributed by atoms with Gasteiger partial charge < -0.3 is 15.2 Å². The summed E-state index contributed by atoms with van der Waals surface area (Å²) < 4.78 is 5.32. The lowest BCUT2D eigenvalue weighted by molar-refractivity contribution is -0.123. The topological polar surface area (TPSA) is 58.6 Å². The minimum absolute atomic E-state index is 0.0619. The summed E-state index contributed by atoms with van der Waals surface area (Å²) in [6.07, 6.45) is 2.35. The van der Waals surface area contributed by atoms with Crippen LogP contribution in [0.2, 0.25) is 0 Å². The zero-order chi connectivity index (χ0) is 13.9. The fourth-order valence-electron chi connectivity index (χ4n) is 2.34. The first-order chi connectivity index (χ1) is 9.14. The number of aliphatic hydroxyl groups excluding tert-OH is 1. The standard InChI is InChI=1S/C15H21NO3/c1-11-4-5-12(10-13(11)19-2)15(6-7-15)14(18)16-8-3-9-17/h4-5,10,17H,3,6-9H2,1-2H3,(H,16,18). The van der Waals surface area contributed by atoms with Crippen LogP contribution in [0.3, 0.4) is 0 Å². The number of amides is 1. The van der Waals surface area contributed by atoms with E-state index in [0.717, 1.165) is 29.7 Å². The van der Waals surface area contributed by atoms with E-state index in [1.165, 1.54) is 0 Å². The molecule has 0 radical (unpaired) electrons. The van der Waals surface area contributed by atoms with Gasteiger partial charge in [-0.15, -0.1) is 0 Å². The third-order valence-corrected chi connectivity index (χ3v) is 3.77. The molecule has 0 spiro atoms. The maximum absolute atomic E-state index is 12.3. The quantitative estimate of drug-likeness (QED) is 0.765. The molecule has 1 saturated carbocycles. The summed E-state index contributed by atoms with van der Waals surface area (Å²) in [5.41, 5.74) is 1.72. The molecule has 1 aromatic rings. The summed E-state index contributed by atoms with van der Waals surface area (Å²) in [6.45, 7) is 2.62. The van der Waals surface area contributed by atoms with Crippen molar-refractivity contribution in [3.63, 3.8) is 0 Å². The second kappa shape index (κ2) is 5.61. The molecule has 0 heterocycles. The van der Waals surface area contributed by atoms with Gasteiger partial charge in [-0.25, -0.2) is 0 Å². The Kier molecular flexibility index (Phi) is 4.10. The molecule has 0 atom stereocenters. The summed E-state index contributed by atoms with van der Waals surface area (Å²) in [5.74, 6) is 0.888. The number of rotatable bonds is 6. The van der Waals surface area contributed by atoms with Crippen LogP contribution in [-0.4, -0.2) is 31.3 Å². The lowest BCUT2D eigenvalue weighted by Gasteiger charge is -2.17. The fourth-order valence-corrected chi connectivity index (χ4v) is 2.34. The molecule has 0 aliphatic heterocycles. The van der Waals surface area contributed by atoms with Crippen molar-refractivity contribution in [2.75, 3.05) is 20.3 Å². The molecule has 0 saturated heterocycles. The SMILES string of the molecule is COc1cc(C2(C(=O)NCCCO)CC2)ccc1C. The Labute approximate surface area is 113 Å². The van der Waals surface area contributed by atoms with E-state index in [9.17, 15) is 4.79 Å². The summed E-state index contributed by atoms with van der Waals surface area (Å²) in [6, 6.07) is 5.97. The largest absolute Gasteiger partial charge is 0.496 e. The number of aryl methyl sites for hydroxylation is 1. The van der Waals surface area contributed by atoms with Gasteiger partial charge in [-0.3, -0.25) is 4.79 Å². The number of benzene rings is 1. The molecule has 2 rings (SSSR count). The maximum Gasteiger partial charge on any atom is 0.230 e. The Morgan fingerprint density at radius 1 is 1.47 bits per heavy atom. The molecular formula is C15H21NO3. The fraction of sp³-hybridized carbons (Fsp3) is 0.533. The van der Waals surface area contributed by atoms with Crippen LogP contribution in [0, 0.1) is 6.92 Å². The van der Waals surface area contributed by atoms with Gasteiger partial charge in [0, 0.05) is 13.2 Å². The van der Waals surface area contributed by atoms with Crippen molar-refractivity contribution in [3.05, 3.63) is 29.3 Å². The van der Waals surface area contributed by atoms with Crippen molar-refractivity contribution >= 4 is 5.91 Å². The van der Waals surface area contributed by atoms with Gasteiger partial charge in [-0.1, -0.05) is 12.1 Å².